The molecule has 1 N–H and O–H groups in total. The van der Waals surface area contributed by atoms with Crippen molar-refractivity contribution in [2.45, 2.75) is 44.6 Å². The van der Waals surface area contributed by atoms with Gasteiger partial charge in [-0.15, -0.1) is 0 Å². The molecule has 0 saturated carbocycles. The fraction of sp³-hybridized carbons (Fsp3) is 1.00. The van der Waals surface area contributed by atoms with Gasteiger partial charge < -0.3 is 10.2 Å². The van der Waals surface area contributed by atoms with Crippen molar-refractivity contribution in [3.63, 3.8) is 0 Å². The van der Waals surface area contributed by atoms with E-state index in [1.807, 2.05) is 0 Å². The van der Waals surface area contributed by atoms with Crippen LogP contribution in [0.25, 0.3) is 0 Å². The van der Waals surface area contributed by atoms with Gasteiger partial charge >= 0.3 is 0 Å². The molecule has 14 heavy (non-hydrogen) atoms. The lowest BCUT2D eigenvalue weighted by atomic mass is 9.88. The Morgan fingerprint density at radius 3 is 2.86 bits per heavy atom. The van der Waals surface area contributed by atoms with Crippen molar-refractivity contribution in [3.8, 4) is 0 Å². The van der Waals surface area contributed by atoms with Crippen molar-refractivity contribution >= 4 is 0 Å². The average Bonchev–Trinajstić information content (AvgIpc) is 2.23. The zero-order chi connectivity index (χ0) is 9.80. The molecule has 0 aliphatic carbocycles. The quantitative estimate of drug-likeness (QED) is 0.725. The highest BCUT2D eigenvalue weighted by Crippen LogP contribution is 2.24. The normalized spacial score (nSPS) is 35.8. The van der Waals surface area contributed by atoms with Crippen molar-refractivity contribution in [2.24, 2.45) is 5.92 Å². The molecular weight excluding hydrogens is 172 g/mol. The van der Waals surface area contributed by atoms with Crippen LogP contribution in [0.4, 0.5) is 0 Å². The number of likely N-dealkylation sites (tertiary alicyclic amines) is 1. The van der Waals surface area contributed by atoms with E-state index in [2.05, 4.69) is 17.3 Å². The van der Waals surface area contributed by atoms with E-state index >= 15 is 0 Å². The maximum atomic E-state index is 3.52. The Hall–Kier alpha value is -0.0800. The van der Waals surface area contributed by atoms with Crippen LogP contribution in [-0.4, -0.2) is 37.6 Å². The Kier molecular flexibility index (Phi) is 3.82. The summed E-state index contributed by atoms with van der Waals surface area (Å²) in [7, 11) is 2.31. The number of hydrogen-bond donors (Lipinski definition) is 1. The van der Waals surface area contributed by atoms with Crippen molar-refractivity contribution in [1.29, 1.82) is 0 Å². The summed E-state index contributed by atoms with van der Waals surface area (Å²) in [5.41, 5.74) is 0. The van der Waals surface area contributed by atoms with Gasteiger partial charge in [-0.25, -0.2) is 0 Å². The Labute approximate surface area is 88.1 Å². The van der Waals surface area contributed by atoms with Crippen LogP contribution in [0.15, 0.2) is 0 Å². The highest BCUT2D eigenvalue weighted by atomic mass is 15.1. The number of rotatable bonds is 2. The summed E-state index contributed by atoms with van der Waals surface area (Å²) < 4.78 is 0. The molecule has 2 aliphatic rings. The number of nitrogens with zero attached hydrogens (tertiary/aromatic N) is 1. The predicted molar refractivity (Wildman–Crippen MR) is 60.5 cm³/mol. The molecule has 0 bridgehead atoms. The molecule has 0 amide bonds. The van der Waals surface area contributed by atoms with Crippen LogP contribution in [0.1, 0.15) is 38.5 Å². The second-order valence-electron chi connectivity index (χ2n) is 5.08. The summed E-state index contributed by atoms with van der Waals surface area (Å²) in [4.78, 5) is 2.58. The van der Waals surface area contributed by atoms with Gasteiger partial charge in [0.2, 0.25) is 0 Å². The monoisotopic (exact) mass is 196 g/mol. The number of piperidine rings is 2. The van der Waals surface area contributed by atoms with E-state index in [1.165, 1.54) is 58.2 Å². The predicted octanol–water partition coefficient (Wildman–Crippen LogP) is 1.86. The molecule has 82 valence electrons. The van der Waals surface area contributed by atoms with Crippen molar-refractivity contribution in [3.05, 3.63) is 0 Å². The lowest BCUT2D eigenvalue weighted by Crippen LogP contribution is -2.40. The minimum absolute atomic E-state index is 0.883. The van der Waals surface area contributed by atoms with E-state index in [9.17, 15) is 0 Å². The maximum absolute atomic E-state index is 3.52. The fourth-order valence-corrected chi connectivity index (χ4v) is 2.95. The first-order valence-corrected chi connectivity index (χ1v) is 6.27. The van der Waals surface area contributed by atoms with Gasteiger partial charge in [0.15, 0.2) is 0 Å². The van der Waals surface area contributed by atoms with E-state index in [0.717, 1.165) is 12.0 Å². The van der Waals surface area contributed by atoms with E-state index in [0.29, 0.717) is 0 Å². The summed E-state index contributed by atoms with van der Waals surface area (Å²) >= 11 is 0. The Morgan fingerprint density at radius 1 is 1.21 bits per heavy atom. The van der Waals surface area contributed by atoms with Crippen LogP contribution in [0.5, 0.6) is 0 Å². The fourth-order valence-electron chi connectivity index (χ4n) is 2.95. The molecular formula is C12H24N2. The van der Waals surface area contributed by atoms with Gasteiger partial charge in [0, 0.05) is 6.04 Å². The Morgan fingerprint density at radius 2 is 2.14 bits per heavy atom. The van der Waals surface area contributed by atoms with Crippen LogP contribution in [-0.2, 0) is 0 Å². The number of hydrogen-bond acceptors (Lipinski definition) is 2. The van der Waals surface area contributed by atoms with Gasteiger partial charge in [0.1, 0.15) is 0 Å². The van der Waals surface area contributed by atoms with E-state index in [1.54, 1.807) is 0 Å². The Bertz CT molecular complexity index is 164. The molecule has 2 nitrogen and oxygen atoms in total. The third kappa shape index (κ3) is 2.71. The van der Waals surface area contributed by atoms with E-state index < -0.39 is 0 Å². The molecule has 2 unspecified atom stereocenters. The summed E-state index contributed by atoms with van der Waals surface area (Å²) in [5, 5.41) is 3.52. The van der Waals surface area contributed by atoms with Crippen LogP contribution in [0.3, 0.4) is 0 Å². The van der Waals surface area contributed by atoms with E-state index in [-0.39, 0.29) is 0 Å². The minimum Gasteiger partial charge on any atom is -0.316 e. The van der Waals surface area contributed by atoms with Crippen molar-refractivity contribution in [2.75, 3.05) is 26.7 Å². The number of nitrogens with one attached hydrogen (secondary N) is 1. The van der Waals surface area contributed by atoms with Crippen LogP contribution in [0.2, 0.25) is 0 Å². The smallest absolute Gasteiger partial charge is 0.00953 e. The molecule has 0 spiro atoms. The highest BCUT2D eigenvalue weighted by molar-refractivity contribution is 4.79. The first-order valence-electron chi connectivity index (χ1n) is 6.27. The van der Waals surface area contributed by atoms with Crippen LogP contribution in [0, 0.1) is 5.92 Å². The molecule has 2 aliphatic heterocycles. The SMILES string of the molecule is CN1CCCCC1CC1CCCNC1. The zero-order valence-corrected chi connectivity index (χ0v) is 9.47. The van der Waals surface area contributed by atoms with Gasteiger partial charge in [0.05, 0.1) is 0 Å². The molecule has 0 aromatic heterocycles. The van der Waals surface area contributed by atoms with Gasteiger partial charge in [-0.3, -0.25) is 0 Å². The zero-order valence-electron chi connectivity index (χ0n) is 9.47. The molecule has 2 fully saturated rings. The summed E-state index contributed by atoms with van der Waals surface area (Å²) in [6, 6.07) is 0.883. The molecule has 0 aromatic carbocycles. The minimum atomic E-state index is 0.883. The second-order valence-corrected chi connectivity index (χ2v) is 5.08. The lowest BCUT2D eigenvalue weighted by molar-refractivity contribution is 0.149. The van der Waals surface area contributed by atoms with Gasteiger partial charge in [0.25, 0.3) is 0 Å². The highest BCUT2D eigenvalue weighted by Gasteiger charge is 2.23. The topological polar surface area (TPSA) is 15.3 Å². The third-order valence-corrected chi connectivity index (χ3v) is 3.93. The third-order valence-electron chi connectivity index (χ3n) is 3.93. The molecule has 2 rings (SSSR count). The summed E-state index contributed by atoms with van der Waals surface area (Å²) in [6.07, 6.45) is 8.58. The van der Waals surface area contributed by atoms with Crippen molar-refractivity contribution in [1.82, 2.24) is 10.2 Å². The van der Waals surface area contributed by atoms with Crippen LogP contribution >= 0.6 is 0 Å². The Balaban J connectivity index is 1.76. The summed E-state index contributed by atoms with van der Waals surface area (Å²) in [6.45, 7) is 3.84. The molecule has 2 heterocycles. The average molecular weight is 196 g/mol. The summed E-state index contributed by atoms with van der Waals surface area (Å²) in [5.74, 6) is 0.953. The van der Waals surface area contributed by atoms with Crippen molar-refractivity contribution < 1.29 is 0 Å². The lowest BCUT2D eigenvalue weighted by Gasteiger charge is -2.36. The second kappa shape index (κ2) is 5.13. The first kappa shape index (κ1) is 10.4. The molecule has 0 radical (unpaired) electrons. The molecule has 2 atom stereocenters. The first-order chi connectivity index (χ1) is 6.86. The standard InChI is InChI=1S/C12H24N2/c1-14-8-3-2-6-12(14)9-11-5-4-7-13-10-11/h11-13H,2-10H2,1H3. The largest absolute Gasteiger partial charge is 0.316 e. The van der Waals surface area contributed by atoms with Crippen LogP contribution < -0.4 is 5.32 Å². The molecule has 0 aromatic rings. The maximum Gasteiger partial charge on any atom is 0.00953 e. The van der Waals surface area contributed by atoms with Gasteiger partial charge in [-0.05, 0) is 64.7 Å². The van der Waals surface area contributed by atoms with E-state index in [4.69, 9.17) is 0 Å². The molecule has 2 heteroatoms. The van der Waals surface area contributed by atoms with Gasteiger partial charge in [-0.2, -0.15) is 0 Å². The van der Waals surface area contributed by atoms with Gasteiger partial charge in [-0.1, -0.05) is 6.42 Å². The molecule has 2 saturated heterocycles.